The van der Waals surface area contributed by atoms with Crippen molar-refractivity contribution in [1.29, 1.82) is 0 Å². The smallest absolute Gasteiger partial charge is 0.222 e. The second-order valence-electron chi connectivity index (χ2n) is 5.16. The van der Waals surface area contributed by atoms with Crippen LogP contribution in [-0.2, 0) is 24.9 Å². The van der Waals surface area contributed by atoms with Crippen LogP contribution in [0.3, 0.4) is 0 Å². The van der Waals surface area contributed by atoms with Crippen molar-refractivity contribution in [3.8, 4) is 0 Å². The lowest BCUT2D eigenvalue weighted by Gasteiger charge is -2.11. The molecule has 0 spiro atoms. The number of carbonyl (C=O) groups is 1. The van der Waals surface area contributed by atoms with E-state index in [1.54, 1.807) is 11.7 Å². The van der Waals surface area contributed by atoms with Crippen LogP contribution in [0.2, 0.25) is 0 Å². The topological polar surface area (TPSA) is 96.2 Å². The average molecular weight is 457 g/mol. The average Bonchev–Trinajstić information content (AvgIpc) is 3.02. The van der Waals surface area contributed by atoms with E-state index in [2.05, 4.69) is 31.0 Å². The summed E-state index contributed by atoms with van der Waals surface area (Å²) in [5.74, 6) is 1.42. The molecule has 0 unspecified atom stereocenters. The Hall–Kier alpha value is -2.17. The molecule has 25 heavy (non-hydrogen) atoms. The SMILES string of the molecule is CN=C(NCCC(=O)NCc1ccccc1)NCc1ncnn1C.I. The quantitative estimate of drug-likeness (QED) is 0.325. The number of aliphatic imine (C=N–C) groups is 1. The van der Waals surface area contributed by atoms with Crippen LogP contribution < -0.4 is 16.0 Å². The van der Waals surface area contributed by atoms with E-state index in [9.17, 15) is 4.79 Å². The van der Waals surface area contributed by atoms with Gasteiger partial charge in [-0.05, 0) is 5.56 Å². The highest BCUT2D eigenvalue weighted by Gasteiger charge is 2.04. The number of benzene rings is 1. The molecule has 0 saturated heterocycles. The van der Waals surface area contributed by atoms with Gasteiger partial charge in [0, 0.05) is 33.6 Å². The Morgan fingerprint density at radius 1 is 1.16 bits per heavy atom. The molecule has 0 aliphatic carbocycles. The van der Waals surface area contributed by atoms with Gasteiger partial charge in [0.1, 0.15) is 12.2 Å². The molecular formula is C16H24IN7O. The van der Waals surface area contributed by atoms with Crippen LogP contribution in [0.4, 0.5) is 0 Å². The molecule has 0 aliphatic heterocycles. The molecule has 1 aromatic carbocycles. The fourth-order valence-corrected chi connectivity index (χ4v) is 2.04. The molecule has 1 amide bonds. The summed E-state index contributed by atoms with van der Waals surface area (Å²) < 4.78 is 1.69. The molecule has 0 fully saturated rings. The third-order valence-electron chi connectivity index (χ3n) is 3.42. The van der Waals surface area contributed by atoms with Crippen molar-refractivity contribution in [2.45, 2.75) is 19.5 Å². The zero-order chi connectivity index (χ0) is 17.2. The number of guanidine groups is 1. The van der Waals surface area contributed by atoms with Crippen molar-refractivity contribution in [3.63, 3.8) is 0 Å². The van der Waals surface area contributed by atoms with E-state index in [0.29, 0.717) is 32.0 Å². The molecule has 136 valence electrons. The minimum Gasteiger partial charge on any atom is -0.356 e. The zero-order valence-electron chi connectivity index (χ0n) is 14.4. The van der Waals surface area contributed by atoms with Gasteiger partial charge in [-0.2, -0.15) is 5.10 Å². The number of hydrogen-bond donors (Lipinski definition) is 3. The molecule has 2 aromatic rings. The van der Waals surface area contributed by atoms with Crippen LogP contribution >= 0.6 is 24.0 Å². The maximum Gasteiger partial charge on any atom is 0.222 e. The van der Waals surface area contributed by atoms with Gasteiger partial charge in [-0.1, -0.05) is 30.3 Å². The zero-order valence-corrected chi connectivity index (χ0v) is 16.7. The van der Waals surface area contributed by atoms with Gasteiger partial charge in [0.15, 0.2) is 5.96 Å². The lowest BCUT2D eigenvalue weighted by atomic mass is 10.2. The van der Waals surface area contributed by atoms with Crippen LogP contribution in [0.5, 0.6) is 0 Å². The number of amides is 1. The van der Waals surface area contributed by atoms with Crippen molar-refractivity contribution in [3.05, 3.63) is 48.0 Å². The van der Waals surface area contributed by atoms with Crippen LogP contribution in [0.15, 0.2) is 41.7 Å². The first-order valence-electron chi connectivity index (χ1n) is 7.77. The monoisotopic (exact) mass is 457 g/mol. The minimum atomic E-state index is -0.00453. The lowest BCUT2D eigenvalue weighted by molar-refractivity contribution is -0.121. The Balaban J connectivity index is 0.00000312. The Kier molecular flexibility index (Phi) is 9.51. The molecule has 0 radical (unpaired) electrons. The molecule has 0 atom stereocenters. The van der Waals surface area contributed by atoms with Crippen LogP contribution in [0.1, 0.15) is 17.8 Å². The lowest BCUT2D eigenvalue weighted by Crippen LogP contribution is -2.39. The summed E-state index contributed by atoms with van der Waals surface area (Å²) >= 11 is 0. The van der Waals surface area contributed by atoms with E-state index < -0.39 is 0 Å². The summed E-state index contributed by atoms with van der Waals surface area (Å²) in [7, 11) is 3.51. The van der Waals surface area contributed by atoms with Gasteiger partial charge in [0.05, 0.1) is 6.54 Å². The Morgan fingerprint density at radius 2 is 1.92 bits per heavy atom. The normalized spacial score (nSPS) is 10.7. The van der Waals surface area contributed by atoms with Crippen molar-refractivity contribution < 1.29 is 4.79 Å². The van der Waals surface area contributed by atoms with E-state index in [0.717, 1.165) is 11.4 Å². The van der Waals surface area contributed by atoms with Gasteiger partial charge < -0.3 is 16.0 Å². The van der Waals surface area contributed by atoms with Gasteiger partial charge in [-0.25, -0.2) is 4.98 Å². The summed E-state index contributed by atoms with van der Waals surface area (Å²) in [4.78, 5) is 20.1. The molecule has 1 heterocycles. The van der Waals surface area contributed by atoms with Crippen molar-refractivity contribution in [2.24, 2.45) is 12.0 Å². The molecular weight excluding hydrogens is 433 g/mol. The molecule has 0 bridgehead atoms. The summed E-state index contributed by atoms with van der Waals surface area (Å²) in [6.07, 6.45) is 1.88. The van der Waals surface area contributed by atoms with Gasteiger partial charge in [0.2, 0.25) is 5.91 Å². The van der Waals surface area contributed by atoms with Crippen molar-refractivity contribution in [2.75, 3.05) is 13.6 Å². The van der Waals surface area contributed by atoms with E-state index in [1.807, 2.05) is 37.4 Å². The van der Waals surface area contributed by atoms with E-state index in [-0.39, 0.29) is 29.9 Å². The second-order valence-corrected chi connectivity index (χ2v) is 5.16. The summed E-state index contributed by atoms with van der Waals surface area (Å²) in [6, 6.07) is 9.83. The molecule has 0 aliphatic rings. The molecule has 3 N–H and O–H groups in total. The van der Waals surface area contributed by atoms with Crippen LogP contribution in [-0.4, -0.2) is 40.2 Å². The minimum absolute atomic E-state index is 0. The van der Waals surface area contributed by atoms with E-state index >= 15 is 0 Å². The van der Waals surface area contributed by atoms with Gasteiger partial charge >= 0.3 is 0 Å². The summed E-state index contributed by atoms with van der Waals surface area (Å²) in [5.41, 5.74) is 1.08. The largest absolute Gasteiger partial charge is 0.356 e. The first kappa shape index (κ1) is 20.9. The van der Waals surface area contributed by atoms with Crippen LogP contribution in [0, 0.1) is 0 Å². The Labute approximate surface area is 164 Å². The number of aromatic nitrogens is 3. The Morgan fingerprint density at radius 3 is 2.56 bits per heavy atom. The predicted molar refractivity (Wildman–Crippen MR) is 108 cm³/mol. The number of hydrogen-bond acceptors (Lipinski definition) is 4. The summed E-state index contributed by atoms with van der Waals surface area (Å²) in [5, 5.41) is 13.1. The third-order valence-corrected chi connectivity index (χ3v) is 3.42. The number of nitrogens with zero attached hydrogens (tertiary/aromatic N) is 4. The number of aryl methyl sites for hydroxylation is 1. The third kappa shape index (κ3) is 7.50. The fraction of sp³-hybridized carbons (Fsp3) is 0.375. The first-order chi connectivity index (χ1) is 11.7. The number of carbonyl (C=O) groups excluding carboxylic acids is 1. The maximum absolute atomic E-state index is 11.8. The molecule has 8 nitrogen and oxygen atoms in total. The molecule has 1 aromatic heterocycles. The molecule has 0 saturated carbocycles. The standard InChI is InChI=1S/C16H23N7O.HI/c1-17-16(20-11-14-21-12-22-23(14)2)18-9-8-15(24)19-10-13-6-4-3-5-7-13;/h3-7,12H,8-11H2,1-2H3,(H,19,24)(H2,17,18,20);1H. The van der Waals surface area contributed by atoms with Gasteiger partial charge in [-0.15, -0.1) is 24.0 Å². The highest BCUT2D eigenvalue weighted by Crippen LogP contribution is 1.97. The van der Waals surface area contributed by atoms with Crippen LogP contribution in [0.25, 0.3) is 0 Å². The first-order valence-corrected chi connectivity index (χ1v) is 7.77. The number of rotatable bonds is 7. The molecule has 9 heteroatoms. The van der Waals surface area contributed by atoms with Gasteiger partial charge in [0.25, 0.3) is 0 Å². The predicted octanol–water partition coefficient (Wildman–Crippen LogP) is 0.805. The molecule has 2 rings (SSSR count). The van der Waals surface area contributed by atoms with E-state index in [4.69, 9.17) is 0 Å². The summed E-state index contributed by atoms with van der Waals surface area (Å²) in [6.45, 7) is 1.55. The maximum atomic E-state index is 11.8. The van der Waals surface area contributed by atoms with E-state index in [1.165, 1.54) is 6.33 Å². The number of nitrogens with one attached hydrogen (secondary N) is 3. The second kappa shape index (κ2) is 11.4. The highest BCUT2D eigenvalue weighted by atomic mass is 127. The fourth-order valence-electron chi connectivity index (χ4n) is 2.04. The highest BCUT2D eigenvalue weighted by molar-refractivity contribution is 14.0. The number of halogens is 1. The van der Waals surface area contributed by atoms with Crippen molar-refractivity contribution >= 4 is 35.8 Å². The van der Waals surface area contributed by atoms with Gasteiger partial charge in [-0.3, -0.25) is 14.5 Å². The Bertz CT molecular complexity index is 672. The van der Waals surface area contributed by atoms with Crippen molar-refractivity contribution in [1.82, 2.24) is 30.7 Å².